The van der Waals surface area contributed by atoms with Crippen molar-refractivity contribution in [3.63, 3.8) is 0 Å². The molecule has 1 atom stereocenters. The summed E-state index contributed by atoms with van der Waals surface area (Å²) >= 11 is 0. The number of nitrogens with one attached hydrogen (secondary N) is 2. The van der Waals surface area contributed by atoms with Gasteiger partial charge in [0, 0.05) is 24.5 Å². The second kappa shape index (κ2) is 5.36. The Morgan fingerprint density at radius 2 is 2.20 bits per heavy atom. The zero-order chi connectivity index (χ0) is 10.5. The molecule has 0 saturated heterocycles. The van der Waals surface area contributed by atoms with Crippen molar-refractivity contribution >= 4 is 0 Å². The number of H-pyrrole nitrogens is 1. The summed E-state index contributed by atoms with van der Waals surface area (Å²) in [6.07, 6.45) is 9.12. The van der Waals surface area contributed by atoms with Crippen molar-refractivity contribution in [3.8, 4) is 0 Å². The number of hydrogen-bond acceptors (Lipinski definition) is 1. The molecular formula is C13H22N2. The Balaban J connectivity index is 1.74. The highest BCUT2D eigenvalue weighted by Gasteiger charge is 2.19. The van der Waals surface area contributed by atoms with Crippen LogP contribution in [0.5, 0.6) is 0 Å². The van der Waals surface area contributed by atoms with Gasteiger partial charge in [-0.15, -0.1) is 0 Å². The van der Waals surface area contributed by atoms with Crippen LogP contribution in [0.2, 0.25) is 0 Å². The smallest absolute Gasteiger partial charge is 0.0359 e. The quantitative estimate of drug-likeness (QED) is 0.778. The summed E-state index contributed by atoms with van der Waals surface area (Å²) in [5.41, 5.74) is 1.29. The van der Waals surface area contributed by atoms with E-state index in [1.807, 2.05) is 6.20 Å². The minimum atomic E-state index is 0.661. The van der Waals surface area contributed by atoms with Crippen LogP contribution >= 0.6 is 0 Å². The lowest BCUT2D eigenvalue weighted by Crippen LogP contribution is -2.34. The predicted octanol–water partition coefficient (Wildman–Crippen LogP) is 3.07. The number of aromatic nitrogens is 1. The van der Waals surface area contributed by atoms with Crippen LogP contribution in [0.15, 0.2) is 18.3 Å². The number of hydrogen-bond donors (Lipinski definition) is 2. The fourth-order valence-electron chi connectivity index (χ4n) is 2.55. The van der Waals surface area contributed by atoms with Crippen molar-refractivity contribution in [1.82, 2.24) is 10.3 Å². The summed E-state index contributed by atoms with van der Waals surface area (Å²) in [7, 11) is 0. The first-order chi connectivity index (χ1) is 7.36. The standard InChI is InChI=1S/C13H22N2/c1-11(12-6-3-2-4-7-12)15-10-13-8-5-9-14-13/h5,8-9,11-12,14-15H,2-4,6-7,10H2,1H3. The highest BCUT2D eigenvalue weighted by molar-refractivity contribution is 5.03. The Kier molecular flexibility index (Phi) is 3.84. The van der Waals surface area contributed by atoms with E-state index in [0.717, 1.165) is 12.5 Å². The van der Waals surface area contributed by atoms with Crippen LogP contribution < -0.4 is 5.32 Å². The summed E-state index contributed by atoms with van der Waals surface area (Å²) in [5.74, 6) is 0.897. The number of rotatable bonds is 4. The molecular weight excluding hydrogens is 184 g/mol. The van der Waals surface area contributed by atoms with Gasteiger partial charge in [0.2, 0.25) is 0 Å². The molecule has 2 heteroatoms. The molecule has 0 spiro atoms. The molecule has 1 saturated carbocycles. The average Bonchev–Trinajstić information content (AvgIpc) is 2.80. The lowest BCUT2D eigenvalue weighted by Gasteiger charge is -2.28. The highest BCUT2D eigenvalue weighted by atomic mass is 14.9. The zero-order valence-electron chi connectivity index (χ0n) is 9.63. The van der Waals surface area contributed by atoms with E-state index >= 15 is 0 Å². The van der Waals surface area contributed by atoms with Gasteiger partial charge in [0.15, 0.2) is 0 Å². The van der Waals surface area contributed by atoms with Gasteiger partial charge in [0.1, 0.15) is 0 Å². The van der Waals surface area contributed by atoms with E-state index in [1.54, 1.807) is 0 Å². The molecule has 1 aromatic rings. The molecule has 1 aromatic heterocycles. The lowest BCUT2D eigenvalue weighted by atomic mass is 9.84. The number of aromatic amines is 1. The first-order valence-corrected chi connectivity index (χ1v) is 6.22. The molecule has 1 unspecified atom stereocenters. The molecule has 84 valence electrons. The van der Waals surface area contributed by atoms with Gasteiger partial charge in [-0.2, -0.15) is 0 Å². The molecule has 0 radical (unpaired) electrons. The van der Waals surface area contributed by atoms with Crippen LogP contribution in [0, 0.1) is 5.92 Å². The van der Waals surface area contributed by atoms with Crippen molar-refractivity contribution in [3.05, 3.63) is 24.0 Å². The van der Waals surface area contributed by atoms with Crippen molar-refractivity contribution in [2.45, 2.75) is 51.6 Å². The van der Waals surface area contributed by atoms with Crippen LogP contribution in [-0.4, -0.2) is 11.0 Å². The largest absolute Gasteiger partial charge is 0.364 e. The van der Waals surface area contributed by atoms with Gasteiger partial charge in [-0.3, -0.25) is 0 Å². The molecule has 15 heavy (non-hydrogen) atoms. The van der Waals surface area contributed by atoms with Crippen LogP contribution in [0.1, 0.15) is 44.7 Å². The Labute approximate surface area is 92.5 Å². The van der Waals surface area contributed by atoms with Gasteiger partial charge in [-0.25, -0.2) is 0 Å². The summed E-state index contributed by atoms with van der Waals surface area (Å²) in [6, 6.07) is 4.86. The molecule has 0 aliphatic heterocycles. The SMILES string of the molecule is CC(NCc1ccc[nH]1)C1CCCCC1. The summed E-state index contributed by atoms with van der Waals surface area (Å²) in [6.45, 7) is 3.31. The molecule has 2 N–H and O–H groups in total. The lowest BCUT2D eigenvalue weighted by molar-refractivity contribution is 0.280. The van der Waals surface area contributed by atoms with Crippen molar-refractivity contribution in [2.75, 3.05) is 0 Å². The molecule has 0 aromatic carbocycles. The monoisotopic (exact) mass is 206 g/mol. The summed E-state index contributed by atoms with van der Waals surface area (Å²) < 4.78 is 0. The molecule has 2 rings (SSSR count). The Bertz CT molecular complexity index is 260. The van der Waals surface area contributed by atoms with Crippen molar-refractivity contribution < 1.29 is 0 Å². The van der Waals surface area contributed by atoms with E-state index in [4.69, 9.17) is 0 Å². The minimum Gasteiger partial charge on any atom is -0.364 e. The second-order valence-corrected chi connectivity index (χ2v) is 4.76. The van der Waals surface area contributed by atoms with Crippen LogP contribution in [0.3, 0.4) is 0 Å². The van der Waals surface area contributed by atoms with E-state index in [9.17, 15) is 0 Å². The maximum atomic E-state index is 3.62. The summed E-state index contributed by atoms with van der Waals surface area (Å²) in [5, 5.41) is 3.62. The molecule has 1 aliphatic carbocycles. The minimum absolute atomic E-state index is 0.661. The van der Waals surface area contributed by atoms with Gasteiger partial charge in [0.25, 0.3) is 0 Å². The van der Waals surface area contributed by atoms with E-state index in [1.165, 1.54) is 37.8 Å². The van der Waals surface area contributed by atoms with Gasteiger partial charge in [0.05, 0.1) is 0 Å². The topological polar surface area (TPSA) is 27.8 Å². The predicted molar refractivity (Wildman–Crippen MR) is 63.7 cm³/mol. The first kappa shape index (κ1) is 10.7. The van der Waals surface area contributed by atoms with E-state index in [2.05, 4.69) is 29.4 Å². The van der Waals surface area contributed by atoms with Gasteiger partial charge < -0.3 is 10.3 Å². The van der Waals surface area contributed by atoms with Gasteiger partial charge >= 0.3 is 0 Å². The van der Waals surface area contributed by atoms with E-state index in [0.29, 0.717) is 6.04 Å². The summed E-state index contributed by atoms with van der Waals surface area (Å²) in [4.78, 5) is 3.23. The van der Waals surface area contributed by atoms with Gasteiger partial charge in [-0.05, 0) is 37.8 Å². The second-order valence-electron chi connectivity index (χ2n) is 4.76. The fourth-order valence-corrected chi connectivity index (χ4v) is 2.55. The molecule has 0 bridgehead atoms. The maximum absolute atomic E-state index is 3.62. The normalized spacial score (nSPS) is 20.3. The molecule has 2 nitrogen and oxygen atoms in total. The Hall–Kier alpha value is -0.760. The average molecular weight is 206 g/mol. The van der Waals surface area contributed by atoms with Crippen molar-refractivity contribution in [1.29, 1.82) is 0 Å². The fraction of sp³-hybridized carbons (Fsp3) is 0.692. The molecule has 1 aliphatic rings. The third-order valence-corrected chi connectivity index (χ3v) is 3.63. The van der Waals surface area contributed by atoms with Crippen molar-refractivity contribution in [2.24, 2.45) is 5.92 Å². The van der Waals surface area contributed by atoms with E-state index < -0.39 is 0 Å². The third kappa shape index (κ3) is 3.10. The van der Waals surface area contributed by atoms with Crippen LogP contribution in [0.4, 0.5) is 0 Å². The molecule has 1 heterocycles. The maximum Gasteiger partial charge on any atom is 0.0359 e. The molecule has 1 fully saturated rings. The Morgan fingerprint density at radius 1 is 1.40 bits per heavy atom. The molecule has 0 amide bonds. The van der Waals surface area contributed by atoms with Crippen LogP contribution in [0.25, 0.3) is 0 Å². The van der Waals surface area contributed by atoms with Gasteiger partial charge in [-0.1, -0.05) is 19.3 Å². The van der Waals surface area contributed by atoms with Crippen LogP contribution in [-0.2, 0) is 6.54 Å². The third-order valence-electron chi connectivity index (χ3n) is 3.63. The highest BCUT2D eigenvalue weighted by Crippen LogP contribution is 2.26. The first-order valence-electron chi connectivity index (χ1n) is 6.22. The Morgan fingerprint density at radius 3 is 2.87 bits per heavy atom. The zero-order valence-corrected chi connectivity index (χ0v) is 9.63. The van der Waals surface area contributed by atoms with E-state index in [-0.39, 0.29) is 0 Å².